The zero-order valence-electron chi connectivity index (χ0n) is 17.1. The van der Waals surface area contributed by atoms with Gasteiger partial charge in [0.1, 0.15) is 11.3 Å². The van der Waals surface area contributed by atoms with Crippen LogP contribution in [0, 0.1) is 0 Å². The van der Waals surface area contributed by atoms with Crippen molar-refractivity contribution in [3.63, 3.8) is 0 Å². The molecule has 1 atom stereocenters. The second kappa shape index (κ2) is 9.41. The molecule has 0 N–H and O–H groups in total. The van der Waals surface area contributed by atoms with Gasteiger partial charge < -0.3 is 4.74 Å². The summed E-state index contributed by atoms with van der Waals surface area (Å²) in [7, 11) is 0. The lowest BCUT2D eigenvalue weighted by Gasteiger charge is -2.36. The largest absolute Gasteiger partial charge is 0.491 e. The van der Waals surface area contributed by atoms with Gasteiger partial charge in [-0.05, 0) is 80.5 Å². The summed E-state index contributed by atoms with van der Waals surface area (Å²) in [4.78, 5) is 28.9. The van der Waals surface area contributed by atoms with Crippen LogP contribution in [-0.4, -0.2) is 34.5 Å². The van der Waals surface area contributed by atoms with Gasteiger partial charge in [-0.1, -0.05) is 30.7 Å². The van der Waals surface area contributed by atoms with Crippen molar-refractivity contribution in [2.45, 2.75) is 33.3 Å². The highest BCUT2D eigenvalue weighted by molar-refractivity contribution is 7.80. The maximum atomic E-state index is 13.2. The average Bonchev–Trinajstić information content (AvgIpc) is 2.74. The number of amides is 2. The molecule has 30 heavy (non-hydrogen) atoms. The summed E-state index contributed by atoms with van der Waals surface area (Å²) in [6.07, 6.45) is 2.61. The normalized spacial score (nSPS) is 16.9. The van der Waals surface area contributed by atoms with Gasteiger partial charge in [0.15, 0.2) is 5.11 Å². The first kappa shape index (κ1) is 22.0. The topological polar surface area (TPSA) is 49.9 Å². The zero-order valence-corrected chi connectivity index (χ0v) is 18.7. The molecule has 0 radical (unpaired) electrons. The number of anilines is 1. The van der Waals surface area contributed by atoms with E-state index in [1.807, 2.05) is 38.1 Å². The van der Waals surface area contributed by atoms with Gasteiger partial charge in [0, 0.05) is 11.6 Å². The SMILES string of the molecule is CC[C@H](C)Oc1ccc(/C=C2\C(=O)N(CC)C(=S)N(c3ccc(Cl)cc3)C2=O)cc1. The summed E-state index contributed by atoms with van der Waals surface area (Å²) in [5.74, 6) is -0.124. The Morgan fingerprint density at radius 2 is 1.67 bits per heavy atom. The lowest BCUT2D eigenvalue weighted by molar-refractivity contribution is -0.127. The van der Waals surface area contributed by atoms with Crippen LogP contribution in [0.15, 0.2) is 54.1 Å². The highest BCUT2D eigenvalue weighted by atomic mass is 35.5. The van der Waals surface area contributed by atoms with Crippen molar-refractivity contribution in [2.24, 2.45) is 0 Å². The zero-order chi connectivity index (χ0) is 21.8. The third kappa shape index (κ3) is 4.55. The number of ether oxygens (including phenoxy) is 1. The number of benzene rings is 2. The molecule has 2 amide bonds. The lowest BCUT2D eigenvalue weighted by Crippen LogP contribution is -2.56. The van der Waals surface area contributed by atoms with E-state index >= 15 is 0 Å². The van der Waals surface area contributed by atoms with Crippen LogP contribution in [0.1, 0.15) is 32.8 Å². The molecule has 0 unspecified atom stereocenters. The minimum absolute atomic E-state index is 0.0518. The molecule has 1 aliphatic heterocycles. The molecule has 0 aromatic heterocycles. The number of rotatable bonds is 6. The van der Waals surface area contributed by atoms with E-state index in [-0.39, 0.29) is 16.8 Å². The fourth-order valence-electron chi connectivity index (χ4n) is 3.00. The lowest BCUT2D eigenvalue weighted by atomic mass is 10.1. The van der Waals surface area contributed by atoms with E-state index < -0.39 is 11.8 Å². The van der Waals surface area contributed by atoms with E-state index in [1.165, 1.54) is 9.80 Å². The molecule has 3 rings (SSSR count). The van der Waals surface area contributed by atoms with Crippen molar-refractivity contribution in [2.75, 3.05) is 11.4 Å². The molecule has 2 aromatic rings. The number of halogens is 1. The monoisotopic (exact) mass is 442 g/mol. The summed E-state index contributed by atoms with van der Waals surface area (Å²) in [6.45, 7) is 6.23. The molecule has 156 valence electrons. The second-order valence-electron chi connectivity index (χ2n) is 6.91. The molecule has 0 aliphatic carbocycles. The summed E-state index contributed by atoms with van der Waals surface area (Å²) >= 11 is 11.4. The first-order chi connectivity index (χ1) is 14.3. The van der Waals surface area contributed by atoms with Crippen molar-refractivity contribution in [3.05, 3.63) is 64.7 Å². The standard InChI is InChI=1S/C23H23ClN2O3S/c1-4-15(3)29-19-12-6-16(7-13-19)14-20-21(27)25(5-2)23(30)26(22(20)28)18-10-8-17(24)9-11-18/h6-15H,4-5H2,1-3H3/b20-14+/t15-/m0/s1. The maximum Gasteiger partial charge on any atom is 0.270 e. The smallest absolute Gasteiger partial charge is 0.270 e. The second-order valence-corrected chi connectivity index (χ2v) is 7.71. The summed E-state index contributed by atoms with van der Waals surface area (Å²) in [6, 6.07) is 14.1. The molecule has 5 nitrogen and oxygen atoms in total. The number of hydrogen-bond donors (Lipinski definition) is 0. The van der Waals surface area contributed by atoms with Gasteiger partial charge in [0.25, 0.3) is 11.8 Å². The molecule has 1 saturated heterocycles. The van der Waals surface area contributed by atoms with E-state index in [1.54, 1.807) is 30.3 Å². The van der Waals surface area contributed by atoms with Gasteiger partial charge in [-0.2, -0.15) is 0 Å². The minimum Gasteiger partial charge on any atom is -0.491 e. The molecule has 0 saturated carbocycles. The molecular weight excluding hydrogens is 420 g/mol. The van der Waals surface area contributed by atoms with Crippen LogP contribution in [-0.2, 0) is 9.59 Å². The van der Waals surface area contributed by atoms with Gasteiger partial charge in [-0.25, -0.2) is 0 Å². The van der Waals surface area contributed by atoms with Crippen molar-refractivity contribution in [3.8, 4) is 5.75 Å². The van der Waals surface area contributed by atoms with Crippen molar-refractivity contribution >= 4 is 52.5 Å². The molecule has 2 aromatic carbocycles. The van der Waals surface area contributed by atoms with E-state index in [4.69, 9.17) is 28.6 Å². The Balaban J connectivity index is 1.95. The van der Waals surface area contributed by atoms with Crippen molar-refractivity contribution < 1.29 is 14.3 Å². The minimum atomic E-state index is -0.461. The Morgan fingerprint density at radius 3 is 2.23 bits per heavy atom. The third-order valence-corrected chi connectivity index (χ3v) is 5.49. The van der Waals surface area contributed by atoms with E-state index in [2.05, 4.69) is 6.92 Å². The number of nitrogens with zero attached hydrogens (tertiary/aromatic N) is 2. The van der Waals surface area contributed by atoms with Crippen molar-refractivity contribution in [1.82, 2.24) is 4.90 Å². The molecule has 1 aliphatic rings. The number of likely N-dealkylation sites (N-methyl/N-ethyl adjacent to an activating group) is 1. The van der Waals surface area contributed by atoms with Crippen LogP contribution in [0.4, 0.5) is 5.69 Å². The number of carbonyl (C=O) groups is 2. The van der Waals surface area contributed by atoms with Gasteiger partial charge in [-0.15, -0.1) is 0 Å². The Labute approximate surface area is 186 Å². The molecule has 7 heteroatoms. The third-order valence-electron chi connectivity index (χ3n) is 4.84. The first-order valence-electron chi connectivity index (χ1n) is 9.80. The van der Waals surface area contributed by atoms with Gasteiger partial charge in [0.05, 0.1) is 11.8 Å². The molecular formula is C23H23ClN2O3S. The molecule has 0 spiro atoms. The van der Waals surface area contributed by atoms with Gasteiger partial charge in [-0.3, -0.25) is 19.4 Å². The summed E-state index contributed by atoms with van der Waals surface area (Å²) in [5, 5.41) is 0.706. The summed E-state index contributed by atoms with van der Waals surface area (Å²) < 4.78 is 5.78. The van der Waals surface area contributed by atoms with Gasteiger partial charge >= 0.3 is 0 Å². The summed E-state index contributed by atoms with van der Waals surface area (Å²) in [5.41, 5.74) is 1.34. The number of hydrogen-bond acceptors (Lipinski definition) is 4. The van der Waals surface area contributed by atoms with Crippen LogP contribution in [0.5, 0.6) is 5.75 Å². The quantitative estimate of drug-likeness (QED) is 0.355. The number of thiocarbonyl (C=S) groups is 1. The van der Waals surface area contributed by atoms with Gasteiger partial charge in [0.2, 0.25) is 0 Å². The average molecular weight is 443 g/mol. The van der Waals surface area contributed by atoms with E-state index in [9.17, 15) is 9.59 Å². The molecule has 1 fully saturated rings. The van der Waals surface area contributed by atoms with Crippen LogP contribution in [0.2, 0.25) is 5.02 Å². The first-order valence-corrected chi connectivity index (χ1v) is 10.6. The van der Waals surface area contributed by atoms with Crippen molar-refractivity contribution in [1.29, 1.82) is 0 Å². The fraction of sp³-hybridized carbons (Fsp3) is 0.261. The maximum absolute atomic E-state index is 13.2. The fourth-order valence-corrected chi connectivity index (χ4v) is 3.52. The Hall–Kier alpha value is -2.70. The Morgan fingerprint density at radius 1 is 1.03 bits per heavy atom. The van der Waals surface area contributed by atoms with E-state index in [0.717, 1.165) is 17.7 Å². The Kier molecular flexibility index (Phi) is 6.90. The highest BCUT2D eigenvalue weighted by Gasteiger charge is 2.39. The molecule has 0 bridgehead atoms. The predicted octanol–water partition coefficient (Wildman–Crippen LogP) is 5.08. The predicted molar refractivity (Wildman–Crippen MR) is 124 cm³/mol. The molecule has 1 heterocycles. The van der Waals surface area contributed by atoms with E-state index in [0.29, 0.717) is 17.3 Å². The highest BCUT2D eigenvalue weighted by Crippen LogP contribution is 2.27. The Bertz CT molecular complexity index is 987. The van der Waals surface area contributed by atoms with Crippen LogP contribution in [0.25, 0.3) is 6.08 Å². The van der Waals surface area contributed by atoms with Crippen LogP contribution in [0.3, 0.4) is 0 Å². The van der Waals surface area contributed by atoms with Crippen LogP contribution < -0.4 is 9.64 Å². The van der Waals surface area contributed by atoms with Crippen LogP contribution >= 0.6 is 23.8 Å². The number of carbonyl (C=O) groups excluding carboxylic acids is 2.